The van der Waals surface area contributed by atoms with Crippen LogP contribution < -0.4 is 0 Å². The van der Waals surface area contributed by atoms with Crippen molar-refractivity contribution in [1.29, 1.82) is 0 Å². The van der Waals surface area contributed by atoms with E-state index in [4.69, 9.17) is 0 Å². The third-order valence-electron chi connectivity index (χ3n) is 4.18. The molecule has 1 aliphatic carbocycles. The molecule has 1 heterocycles. The molecule has 1 unspecified atom stereocenters. The Morgan fingerprint density at radius 3 is 2.27 bits per heavy atom. The molecule has 22 heavy (non-hydrogen) atoms. The average molecular weight is 300 g/mol. The van der Waals surface area contributed by atoms with E-state index in [0.717, 1.165) is 6.42 Å². The van der Waals surface area contributed by atoms with E-state index >= 15 is 0 Å². The van der Waals surface area contributed by atoms with Crippen LogP contribution in [0.3, 0.4) is 0 Å². The molecule has 0 radical (unpaired) electrons. The van der Waals surface area contributed by atoms with Crippen molar-refractivity contribution in [3.8, 4) is 0 Å². The van der Waals surface area contributed by atoms with E-state index in [1.807, 2.05) is 0 Å². The smallest absolute Gasteiger partial charge is 0.0517 e. The van der Waals surface area contributed by atoms with Crippen molar-refractivity contribution in [3.05, 3.63) is 107 Å². The molecular weight excluding hydrogens is 283 g/mol. The third kappa shape index (κ3) is 2.51. The molecule has 0 bridgehead atoms. The Morgan fingerprint density at radius 2 is 1.59 bits per heavy atom. The van der Waals surface area contributed by atoms with Gasteiger partial charge in [-0.15, -0.1) is 0 Å². The molecule has 2 aliphatic rings. The van der Waals surface area contributed by atoms with E-state index in [-0.39, 0.29) is 0 Å². The fraction of sp³-hybridized carbons (Fsp3) is 0.0952. The Balaban J connectivity index is 1.78. The fourth-order valence-corrected chi connectivity index (χ4v) is 4.55. The van der Waals surface area contributed by atoms with Gasteiger partial charge >= 0.3 is 0 Å². The molecule has 0 N–H and O–H groups in total. The molecule has 0 saturated heterocycles. The van der Waals surface area contributed by atoms with Crippen LogP contribution >= 0.6 is 8.20 Å². The molecule has 1 atom stereocenters. The summed E-state index contributed by atoms with van der Waals surface area (Å²) in [6, 6.07) is 21.6. The molecule has 0 aromatic heterocycles. The first-order valence-electron chi connectivity index (χ1n) is 7.68. The second-order valence-corrected chi connectivity index (χ2v) is 6.87. The number of allylic oxidation sites excluding steroid dienone is 6. The van der Waals surface area contributed by atoms with Gasteiger partial charge in [-0.05, 0) is 34.8 Å². The summed E-state index contributed by atoms with van der Waals surface area (Å²) in [5.74, 6) is 0. The summed E-state index contributed by atoms with van der Waals surface area (Å²) in [4.78, 5) is 0. The highest BCUT2D eigenvalue weighted by Crippen LogP contribution is 2.46. The zero-order valence-corrected chi connectivity index (χ0v) is 13.2. The molecule has 4 rings (SSSR count). The number of rotatable bonds is 3. The van der Waals surface area contributed by atoms with Gasteiger partial charge in [0, 0.05) is 5.29 Å². The lowest BCUT2D eigenvalue weighted by molar-refractivity contribution is 1.10. The summed E-state index contributed by atoms with van der Waals surface area (Å²) < 4.78 is 0. The van der Waals surface area contributed by atoms with E-state index in [2.05, 4.69) is 85.0 Å². The fourth-order valence-electron chi connectivity index (χ4n) is 3.06. The average Bonchev–Trinajstić information content (AvgIpc) is 3.26. The first-order valence-corrected chi connectivity index (χ1v) is 8.64. The molecule has 2 aromatic rings. The van der Waals surface area contributed by atoms with Gasteiger partial charge in [0.2, 0.25) is 0 Å². The summed E-state index contributed by atoms with van der Waals surface area (Å²) in [6.07, 6.45) is 10.2. The maximum absolute atomic E-state index is 2.41. The second-order valence-electron chi connectivity index (χ2n) is 5.62. The van der Waals surface area contributed by atoms with Crippen molar-refractivity contribution < 1.29 is 0 Å². The summed E-state index contributed by atoms with van der Waals surface area (Å²) in [5, 5.41) is 1.43. The minimum atomic E-state index is 0.461. The van der Waals surface area contributed by atoms with Crippen molar-refractivity contribution in [1.82, 2.24) is 0 Å². The number of hydrogen-bond acceptors (Lipinski definition) is 0. The van der Waals surface area contributed by atoms with Gasteiger partial charge in [-0.25, -0.2) is 0 Å². The molecule has 0 amide bonds. The quantitative estimate of drug-likeness (QED) is 0.636. The Labute approximate surface area is 133 Å². The predicted molar refractivity (Wildman–Crippen MR) is 96.6 cm³/mol. The van der Waals surface area contributed by atoms with Crippen LogP contribution in [-0.2, 0) is 0 Å². The van der Waals surface area contributed by atoms with Crippen LogP contribution in [0.25, 0.3) is 0 Å². The lowest BCUT2D eigenvalue weighted by atomic mass is 9.95. The Kier molecular flexibility index (Phi) is 3.62. The van der Waals surface area contributed by atoms with Gasteiger partial charge < -0.3 is 0 Å². The minimum absolute atomic E-state index is 0.461. The van der Waals surface area contributed by atoms with Crippen molar-refractivity contribution in [2.45, 2.75) is 12.1 Å². The van der Waals surface area contributed by atoms with Crippen LogP contribution in [0.1, 0.15) is 23.2 Å². The summed E-state index contributed by atoms with van der Waals surface area (Å²) >= 11 is 0. The monoisotopic (exact) mass is 300 g/mol. The lowest BCUT2D eigenvalue weighted by Gasteiger charge is -2.14. The molecule has 0 spiro atoms. The van der Waals surface area contributed by atoms with E-state index < -0.39 is 0 Å². The van der Waals surface area contributed by atoms with Crippen molar-refractivity contribution >= 4 is 13.5 Å². The molecule has 1 heteroatoms. The molecule has 0 nitrogen and oxygen atoms in total. The van der Waals surface area contributed by atoms with Crippen LogP contribution in [0.4, 0.5) is 0 Å². The Morgan fingerprint density at radius 1 is 0.864 bits per heavy atom. The molecule has 106 valence electrons. The van der Waals surface area contributed by atoms with Gasteiger partial charge in [-0.1, -0.05) is 87.1 Å². The topological polar surface area (TPSA) is 0 Å². The lowest BCUT2D eigenvalue weighted by Crippen LogP contribution is -1.96. The zero-order chi connectivity index (χ0) is 14.8. The summed E-state index contributed by atoms with van der Waals surface area (Å²) in [5.41, 5.74) is 6.16. The highest BCUT2D eigenvalue weighted by atomic mass is 31.1. The Bertz CT molecular complexity index is 792. The largest absolute Gasteiger partial charge is 0.0828 e. The van der Waals surface area contributed by atoms with Gasteiger partial charge in [0.15, 0.2) is 0 Å². The number of benzene rings is 2. The predicted octanol–water partition coefficient (Wildman–Crippen LogP) is 5.72. The van der Waals surface area contributed by atoms with Gasteiger partial charge in [0.1, 0.15) is 0 Å². The maximum atomic E-state index is 2.41. The van der Waals surface area contributed by atoms with E-state index in [1.165, 1.54) is 35.8 Å². The number of hydrogen-bond donors (Lipinski definition) is 0. The highest BCUT2D eigenvalue weighted by molar-refractivity contribution is 7.43. The molecule has 2 aromatic carbocycles. The van der Waals surface area contributed by atoms with Gasteiger partial charge in [0.25, 0.3) is 0 Å². The third-order valence-corrected chi connectivity index (χ3v) is 5.68. The van der Waals surface area contributed by atoms with Crippen molar-refractivity contribution in [3.63, 3.8) is 0 Å². The van der Waals surface area contributed by atoms with Gasteiger partial charge in [0.05, 0.1) is 5.66 Å². The van der Waals surface area contributed by atoms with Gasteiger partial charge in [-0.3, -0.25) is 0 Å². The normalized spacial score (nSPS) is 20.5. The second kappa shape index (κ2) is 5.91. The molecule has 1 aliphatic heterocycles. The van der Waals surface area contributed by atoms with E-state index in [1.54, 1.807) is 0 Å². The van der Waals surface area contributed by atoms with E-state index in [9.17, 15) is 0 Å². The standard InChI is InChI=1S/C21H17P/c1-3-11-17(12-4-1)20-15-19(16-9-7-8-10-16)21(22-20)18-13-5-2-6-14-18/h1-9,11-15,21H,10H2. The molecule has 0 fully saturated rings. The first-order chi connectivity index (χ1) is 10.9. The van der Waals surface area contributed by atoms with Crippen LogP contribution in [0.15, 0.2) is 96.1 Å². The van der Waals surface area contributed by atoms with Crippen LogP contribution in [0, 0.1) is 0 Å². The summed E-state index contributed by atoms with van der Waals surface area (Å²) in [6.45, 7) is 0. The molecular formula is C21H17P. The van der Waals surface area contributed by atoms with Crippen molar-refractivity contribution in [2.75, 3.05) is 0 Å². The van der Waals surface area contributed by atoms with Crippen LogP contribution in [-0.4, -0.2) is 5.29 Å². The van der Waals surface area contributed by atoms with E-state index in [0.29, 0.717) is 5.66 Å². The summed E-state index contributed by atoms with van der Waals surface area (Å²) in [7, 11) is 1.39. The maximum Gasteiger partial charge on any atom is 0.0517 e. The van der Waals surface area contributed by atoms with Crippen LogP contribution in [0.2, 0.25) is 0 Å². The van der Waals surface area contributed by atoms with Crippen LogP contribution in [0.5, 0.6) is 0 Å². The highest BCUT2D eigenvalue weighted by Gasteiger charge is 2.24. The Hall–Kier alpha value is -2.17. The first kappa shape index (κ1) is 13.5. The SMILES string of the molecule is C1=CCC(C2=CC(c3ccccc3)=PC2c2ccccc2)=C1. The van der Waals surface area contributed by atoms with Crippen molar-refractivity contribution in [2.24, 2.45) is 0 Å². The zero-order valence-electron chi connectivity index (χ0n) is 12.3. The minimum Gasteiger partial charge on any atom is -0.0828 e. The van der Waals surface area contributed by atoms with Gasteiger partial charge in [-0.2, -0.15) is 0 Å². The molecule has 0 saturated carbocycles.